The number of rotatable bonds is 8. The van der Waals surface area contributed by atoms with Crippen molar-refractivity contribution in [2.24, 2.45) is 0 Å². The van der Waals surface area contributed by atoms with Gasteiger partial charge in [0.05, 0.1) is 7.11 Å². The van der Waals surface area contributed by atoms with E-state index in [1.165, 1.54) is 16.8 Å². The highest BCUT2D eigenvalue weighted by atomic mass is 16.5. The summed E-state index contributed by atoms with van der Waals surface area (Å²) < 4.78 is 10.9. The maximum Gasteiger partial charge on any atom is 0.119 e. The Morgan fingerprint density at radius 2 is 1.92 bits per heavy atom. The van der Waals surface area contributed by atoms with Crippen molar-refractivity contribution in [2.75, 3.05) is 32.1 Å². The molecule has 0 aliphatic carbocycles. The molecule has 24 heavy (non-hydrogen) atoms. The molecule has 0 bridgehead atoms. The molecule has 4 nitrogen and oxygen atoms in total. The molecule has 1 aliphatic rings. The van der Waals surface area contributed by atoms with E-state index in [9.17, 15) is 0 Å². The molecule has 1 atom stereocenters. The highest BCUT2D eigenvalue weighted by molar-refractivity contribution is 5.56. The Hall–Kier alpha value is -2.20. The van der Waals surface area contributed by atoms with E-state index in [0.29, 0.717) is 12.6 Å². The third-order valence-electron chi connectivity index (χ3n) is 4.34. The zero-order chi connectivity index (χ0) is 16.8. The minimum atomic E-state index is 0.428. The normalized spacial score (nSPS) is 13.9. The predicted molar refractivity (Wildman–Crippen MR) is 98.3 cm³/mol. The van der Waals surface area contributed by atoms with Gasteiger partial charge in [-0.2, -0.15) is 0 Å². The number of hydrogen-bond donors (Lipinski definition) is 2. The lowest BCUT2D eigenvalue weighted by Crippen LogP contribution is -2.31. The lowest BCUT2D eigenvalue weighted by molar-refractivity contribution is 0.306. The van der Waals surface area contributed by atoms with Gasteiger partial charge in [-0.1, -0.05) is 12.1 Å². The van der Waals surface area contributed by atoms with Gasteiger partial charge in [0.15, 0.2) is 0 Å². The molecule has 1 aliphatic heterocycles. The Labute approximate surface area is 144 Å². The van der Waals surface area contributed by atoms with E-state index < -0.39 is 0 Å². The fourth-order valence-corrected chi connectivity index (χ4v) is 3.06. The van der Waals surface area contributed by atoms with Gasteiger partial charge in [-0.25, -0.2) is 0 Å². The molecule has 0 spiro atoms. The number of benzene rings is 2. The standard InChI is InChI=1S/C20H26N2O2/c1-15(13-16-3-8-20-17(14-16)9-10-22-20)21-11-12-24-19-6-4-18(23-2)5-7-19/h3-8,14-15,21-22H,9-13H2,1-2H3. The molecule has 0 radical (unpaired) electrons. The second-order valence-electron chi connectivity index (χ2n) is 6.25. The molecule has 2 aromatic carbocycles. The van der Waals surface area contributed by atoms with Crippen molar-refractivity contribution in [3.63, 3.8) is 0 Å². The van der Waals surface area contributed by atoms with Gasteiger partial charge in [0.2, 0.25) is 0 Å². The van der Waals surface area contributed by atoms with Crippen LogP contribution in [0, 0.1) is 0 Å². The van der Waals surface area contributed by atoms with Crippen molar-refractivity contribution < 1.29 is 9.47 Å². The Balaban J connectivity index is 1.38. The summed E-state index contributed by atoms with van der Waals surface area (Å²) in [6.45, 7) is 4.78. The molecule has 2 N–H and O–H groups in total. The summed E-state index contributed by atoms with van der Waals surface area (Å²) in [5, 5.41) is 6.93. The van der Waals surface area contributed by atoms with Crippen molar-refractivity contribution in [3.05, 3.63) is 53.6 Å². The smallest absolute Gasteiger partial charge is 0.119 e. The largest absolute Gasteiger partial charge is 0.497 e. The van der Waals surface area contributed by atoms with Gasteiger partial charge in [-0.15, -0.1) is 0 Å². The monoisotopic (exact) mass is 326 g/mol. The Bertz CT molecular complexity index is 655. The van der Waals surface area contributed by atoms with E-state index >= 15 is 0 Å². The molecule has 0 fully saturated rings. The van der Waals surface area contributed by atoms with E-state index in [4.69, 9.17) is 9.47 Å². The van der Waals surface area contributed by atoms with Crippen LogP contribution in [0.3, 0.4) is 0 Å². The molecule has 1 heterocycles. The molecule has 0 aromatic heterocycles. The van der Waals surface area contributed by atoms with Crippen LogP contribution < -0.4 is 20.1 Å². The number of anilines is 1. The molecular formula is C20H26N2O2. The first kappa shape index (κ1) is 16.7. The summed E-state index contributed by atoms with van der Waals surface area (Å²) in [6, 6.07) is 14.9. The second-order valence-corrected chi connectivity index (χ2v) is 6.25. The molecule has 3 rings (SSSR count). The van der Waals surface area contributed by atoms with Crippen molar-refractivity contribution in [2.45, 2.75) is 25.8 Å². The molecule has 128 valence electrons. The molecule has 0 amide bonds. The van der Waals surface area contributed by atoms with E-state index in [0.717, 1.165) is 37.4 Å². The zero-order valence-electron chi connectivity index (χ0n) is 14.5. The SMILES string of the molecule is COc1ccc(OCCNC(C)Cc2ccc3c(c2)CCN3)cc1. The second kappa shape index (κ2) is 8.06. The average molecular weight is 326 g/mol. The maximum absolute atomic E-state index is 5.74. The fourth-order valence-electron chi connectivity index (χ4n) is 3.06. The predicted octanol–water partition coefficient (Wildman–Crippen LogP) is 3.26. The number of methoxy groups -OCH3 is 1. The maximum atomic E-state index is 5.74. The molecule has 0 saturated heterocycles. The summed E-state index contributed by atoms with van der Waals surface area (Å²) in [5.74, 6) is 1.72. The minimum Gasteiger partial charge on any atom is -0.497 e. The molecular weight excluding hydrogens is 300 g/mol. The van der Waals surface area contributed by atoms with Crippen LogP contribution in [0.2, 0.25) is 0 Å². The number of nitrogens with one attached hydrogen (secondary N) is 2. The summed E-state index contributed by atoms with van der Waals surface area (Å²) in [5.41, 5.74) is 4.14. The number of fused-ring (bicyclic) bond motifs is 1. The van der Waals surface area contributed by atoms with Crippen LogP contribution in [0.1, 0.15) is 18.1 Å². The van der Waals surface area contributed by atoms with Crippen molar-refractivity contribution in [1.29, 1.82) is 0 Å². The molecule has 2 aromatic rings. The topological polar surface area (TPSA) is 42.5 Å². The van der Waals surface area contributed by atoms with Crippen LogP contribution in [0.5, 0.6) is 11.5 Å². The van der Waals surface area contributed by atoms with Crippen molar-refractivity contribution in [1.82, 2.24) is 5.32 Å². The van der Waals surface area contributed by atoms with Gasteiger partial charge in [0.1, 0.15) is 18.1 Å². The van der Waals surface area contributed by atoms with E-state index in [1.54, 1.807) is 7.11 Å². The third-order valence-corrected chi connectivity index (χ3v) is 4.34. The first-order valence-electron chi connectivity index (χ1n) is 8.60. The molecule has 4 heteroatoms. The molecule has 0 saturated carbocycles. The third kappa shape index (κ3) is 4.42. The zero-order valence-corrected chi connectivity index (χ0v) is 14.5. The van der Waals surface area contributed by atoms with Crippen LogP contribution in [0.15, 0.2) is 42.5 Å². The van der Waals surface area contributed by atoms with Crippen LogP contribution in [0.25, 0.3) is 0 Å². The lowest BCUT2D eigenvalue weighted by atomic mass is 10.0. The Kier molecular flexibility index (Phi) is 5.59. The van der Waals surface area contributed by atoms with Crippen LogP contribution >= 0.6 is 0 Å². The highest BCUT2D eigenvalue weighted by Gasteiger charge is 2.11. The average Bonchev–Trinajstić information content (AvgIpc) is 3.07. The van der Waals surface area contributed by atoms with Gasteiger partial charge < -0.3 is 20.1 Å². The number of ether oxygens (including phenoxy) is 2. The van der Waals surface area contributed by atoms with Gasteiger partial charge in [0.25, 0.3) is 0 Å². The van der Waals surface area contributed by atoms with Gasteiger partial charge in [-0.05, 0) is 61.2 Å². The molecule has 1 unspecified atom stereocenters. The minimum absolute atomic E-state index is 0.428. The Morgan fingerprint density at radius 3 is 2.71 bits per heavy atom. The Morgan fingerprint density at radius 1 is 1.12 bits per heavy atom. The number of hydrogen-bond acceptors (Lipinski definition) is 4. The first-order valence-corrected chi connectivity index (χ1v) is 8.60. The summed E-state index contributed by atoms with van der Waals surface area (Å²) in [4.78, 5) is 0. The van der Waals surface area contributed by atoms with E-state index in [1.807, 2.05) is 24.3 Å². The summed E-state index contributed by atoms with van der Waals surface area (Å²) in [7, 11) is 1.67. The van der Waals surface area contributed by atoms with Crippen molar-refractivity contribution >= 4 is 5.69 Å². The van der Waals surface area contributed by atoms with Crippen LogP contribution in [-0.4, -0.2) is 32.8 Å². The lowest BCUT2D eigenvalue weighted by Gasteiger charge is -2.15. The van der Waals surface area contributed by atoms with E-state index in [2.05, 4.69) is 35.8 Å². The highest BCUT2D eigenvalue weighted by Crippen LogP contribution is 2.23. The van der Waals surface area contributed by atoms with Gasteiger partial charge >= 0.3 is 0 Å². The first-order chi connectivity index (χ1) is 11.7. The summed E-state index contributed by atoms with van der Waals surface area (Å²) in [6.07, 6.45) is 2.18. The van der Waals surface area contributed by atoms with Crippen LogP contribution in [0.4, 0.5) is 5.69 Å². The van der Waals surface area contributed by atoms with Gasteiger partial charge in [-0.3, -0.25) is 0 Å². The van der Waals surface area contributed by atoms with Crippen LogP contribution in [-0.2, 0) is 12.8 Å². The summed E-state index contributed by atoms with van der Waals surface area (Å²) >= 11 is 0. The fraction of sp³-hybridized carbons (Fsp3) is 0.400. The van der Waals surface area contributed by atoms with Gasteiger partial charge in [0, 0.05) is 24.8 Å². The van der Waals surface area contributed by atoms with Crippen molar-refractivity contribution in [3.8, 4) is 11.5 Å². The quantitative estimate of drug-likeness (QED) is 0.731. The van der Waals surface area contributed by atoms with E-state index in [-0.39, 0.29) is 0 Å².